The molecule has 1 atom stereocenters. The van der Waals surface area contributed by atoms with Crippen LogP contribution in [-0.2, 0) is 16.0 Å². The Kier molecular flexibility index (Phi) is 7.04. The van der Waals surface area contributed by atoms with E-state index in [2.05, 4.69) is 27.8 Å². The van der Waals surface area contributed by atoms with E-state index < -0.39 is 0 Å². The van der Waals surface area contributed by atoms with Gasteiger partial charge in [0, 0.05) is 33.4 Å². The largest absolute Gasteiger partial charge is 0.379 e. The van der Waals surface area contributed by atoms with Crippen molar-refractivity contribution in [1.29, 1.82) is 0 Å². The van der Waals surface area contributed by atoms with Gasteiger partial charge in [-0.3, -0.25) is 4.99 Å². The Hall–Kier alpha value is -1.59. The maximum absolute atomic E-state index is 5.72. The van der Waals surface area contributed by atoms with Gasteiger partial charge in [-0.15, -0.1) is 0 Å². The number of hydrogen-bond acceptors (Lipinski definition) is 3. The van der Waals surface area contributed by atoms with Gasteiger partial charge in [-0.1, -0.05) is 30.3 Å². The van der Waals surface area contributed by atoms with Gasteiger partial charge in [0.1, 0.15) is 0 Å². The number of hydrogen-bond donors (Lipinski definition) is 2. The SMILES string of the molecule is CN=C(NCCCOC1CCOC1)NCc1ccccc1. The number of rotatable bonds is 7. The van der Waals surface area contributed by atoms with Crippen LogP contribution in [0.3, 0.4) is 0 Å². The molecular formula is C16H25N3O2. The van der Waals surface area contributed by atoms with Crippen LogP contribution >= 0.6 is 0 Å². The molecule has 1 unspecified atom stereocenters. The van der Waals surface area contributed by atoms with E-state index in [0.717, 1.165) is 51.7 Å². The summed E-state index contributed by atoms with van der Waals surface area (Å²) in [5.74, 6) is 0.822. The molecule has 0 saturated carbocycles. The third kappa shape index (κ3) is 6.14. The minimum Gasteiger partial charge on any atom is -0.379 e. The lowest BCUT2D eigenvalue weighted by Gasteiger charge is -2.13. The molecule has 0 aromatic heterocycles. The van der Waals surface area contributed by atoms with E-state index in [1.54, 1.807) is 7.05 Å². The van der Waals surface area contributed by atoms with E-state index in [0.29, 0.717) is 6.10 Å². The molecular weight excluding hydrogens is 266 g/mol. The first-order chi connectivity index (χ1) is 10.4. The molecule has 1 aromatic carbocycles. The third-order valence-electron chi connectivity index (χ3n) is 3.38. The molecule has 0 spiro atoms. The Balaban J connectivity index is 1.55. The van der Waals surface area contributed by atoms with Gasteiger partial charge < -0.3 is 20.1 Å². The highest BCUT2D eigenvalue weighted by atomic mass is 16.5. The second kappa shape index (κ2) is 9.37. The zero-order valence-corrected chi connectivity index (χ0v) is 12.7. The number of guanidine groups is 1. The number of nitrogens with zero attached hydrogens (tertiary/aromatic N) is 1. The smallest absolute Gasteiger partial charge is 0.191 e. The van der Waals surface area contributed by atoms with Crippen molar-refractivity contribution in [2.24, 2.45) is 4.99 Å². The zero-order valence-electron chi connectivity index (χ0n) is 12.7. The molecule has 5 nitrogen and oxygen atoms in total. The van der Waals surface area contributed by atoms with Gasteiger partial charge in [0.15, 0.2) is 5.96 Å². The molecule has 21 heavy (non-hydrogen) atoms. The average Bonchev–Trinajstić information content (AvgIpc) is 3.04. The highest BCUT2D eigenvalue weighted by Gasteiger charge is 2.15. The fourth-order valence-corrected chi connectivity index (χ4v) is 2.18. The van der Waals surface area contributed by atoms with Gasteiger partial charge in [-0.2, -0.15) is 0 Å². The Morgan fingerprint density at radius 1 is 1.33 bits per heavy atom. The maximum atomic E-state index is 5.72. The molecule has 2 rings (SSSR count). The molecule has 1 aromatic rings. The van der Waals surface area contributed by atoms with Crippen molar-refractivity contribution in [3.63, 3.8) is 0 Å². The molecule has 1 fully saturated rings. The average molecular weight is 291 g/mol. The molecule has 0 amide bonds. The summed E-state index contributed by atoms with van der Waals surface area (Å²) < 4.78 is 11.0. The summed E-state index contributed by atoms with van der Waals surface area (Å²) in [4.78, 5) is 4.21. The second-order valence-corrected chi connectivity index (χ2v) is 5.05. The Morgan fingerprint density at radius 3 is 2.90 bits per heavy atom. The zero-order chi connectivity index (χ0) is 14.8. The summed E-state index contributed by atoms with van der Waals surface area (Å²) in [6.07, 6.45) is 2.27. The molecule has 0 aliphatic carbocycles. The quantitative estimate of drug-likeness (QED) is 0.455. The molecule has 1 saturated heterocycles. The Morgan fingerprint density at radius 2 is 2.19 bits per heavy atom. The van der Waals surface area contributed by atoms with Crippen LogP contribution in [0.2, 0.25) is 0 Å². The maximum Gasteiger partial charge on any atom is 0.191 e. The molecule has 1 heterocycles. The standard InChI is InChI=1S/C16H25N3O2/c1-17-16(19-12-14-6-3-2-4-7-14)18-9-5-10-21-15-8-11-20-13-15/h2-4,6-7,15H,5,8-13H2,1H3,(H2,17,18,19). The summed E-state index contributed by atoms with van der Waals surface area (Å²) in [6.45, 7) is 3.96. The first-order valence-electron chi connectivity index (χ1n) is 7.56. The number of nitrogens with one attached hydrogen (secondary N) is 2. The van der Waals surface area contributed by atoms with Crippen LogP contribution in [0.4, 0.5) is 0 Å². The molecule has 2 N–H and O–H groups in total. The molecule has 1 aliphatic heterocycles. The summed E-state index contributed by atoms with van der Waals surface area (Å²) in [6, 6.07) is 10.3. The van der Waals surface area contributed by atoms with E-state index in [1.807, 2.05) is 18.2 Å². The van der Waals surface area contributed by atoms with E-state index in [-0.39, 0.29) is 0 Å². The van der Waals surface area contributed by atoms with Gasteiger partial charge in [0.25, 0.3) is 0 Å². The lowest BCUT2D eigenvalue weighted by Crippen LogP contribution is -2.37. The van der Waals surface area contributed by atoms with Crippen molar-refractivity contribution in [3.8, 4) is 0 Å². The van der Waals surface area contributed by atoms with Crippen LogP contribution < -0.4 is 10.6 Å². The lowest BCUT2D eigenvalue weighted by molar-refractivity contribution is 0.0420. The molecule has 0 bridgehead atoms. The van der Waals surface area contributed by atoms with Gasteiger partial charge in [-0.25, -0.2) is 0 Å². The lowest BCUT2D eigenvalue weighted by atomic mass is 10.2. The number of benzene rings is 1. The fraction of sp³-hybridized carbons (Fsp3) is 0.562. The summed E-state index contributed by atoms with van der Waals surface area (Å²) in [5.41, 5.74) is 1.24. The first-order valence-corrected chi connectivity index (χ1v) is 7.56. The van der Waals surface area contributed by atoms with E-state index >= 15 is 0 Å². The van der Waals surface area contributed by atoms with Crippen LogP contribution in [0.5, 0.6) is 0 Å². The predicted octanol–water partition coefficient (Wildman–Crippen LogP) is 1.55. The second-order valence-electron chi connectivity index (χ2n) is 5.05. The van der Waals surface area contributed by atoms with Gasteiger partial charge in [0.05, 0.1) is 12.7 Å². The normalized spacial score (nSPS) is 18.7. The molecule has 0 radical (unpaired) electrons. The van der Waals surface area contributed by atoms with E-state index in [4.69, 9.17) is 9.47 Å². The number of ether oxygens (including phenoxy) is 2. The van der Waals surface area contributed by atoms with Crippen LogP contribution in [0.15, 0.2) is 35.3 Å². The van der Waals surface area contributed by atoms with Crippen molar-refractivity contribution in [1.82, 2.24) is 10.6 Å². The van der Waals surface area contributed by atoms with Crippen molar-refractivity contribution < 1.29 is 9.47 Å². The Labute approximate surface area is 126 Å². The minimum atomic E-state index is 0.292. The highest BCUT2D eigenvalue weighted by Crippen LogP contribution is 2.07. The fourth-order valence-electron chi connectivity index (χ4n) is 2.18. The van der Waals surface area contributed by atoms with Gasteiger partial charge in [0.2, 0.25) is 0 Å². The summed E-state index contributed by atoms with van der Waals surface area (Å²) in [5, 5.41) is 6.59. The molecule has 116 valence electrons. The monoisotopic (exact) mass is 291 g/mol. The third-order valence-corrected chi connectivity index (χ3v) is 3.38. The molecule has 5 heteroatoms. The van der Waals surface area contributed by atoms with Crippen LogP contribution in [0.25, 0.3) is 0 Å². The number of aliphatic imine (C=N–C) groups is 1. The van der Waals surface area contributed by atoms with Gasteiger partial charge >= 0.3 is 0 Å². The predicted molar refractivity (Wildman–Crippen MR) is 84.4 cm³/mol. The summed E-state index contributed by atoms with van der Waals surface area (Å²) in [7, 11) is 1.78. The van der Waals surface area contributed by atoms with Crippen LogP contribution in [0, 0.1) is 0 Å². The van der Waals surface area contributed by atoms with Crippen molar-refractivity contribution >= 4 is 5.96 Å². The van der Waals surface area contributed by atoms with Crippen molar-refractivity contribution in [3.05, 3.63) is 35.9 Å². The van der Waals surface area contributed by atoms with Crippen LogP contribution in [0.1, 0.15) is 18.4 Å². The van der Waals surface area contributed by atoms with Crippen molar-refractivity contribution in [2.45, 2.75) is 25.5 Å². The topological polar surface area (TPSA) is 54.9 Å². The summed E-state index contributed by atoms with van der Waals surface area (Å²) >= 11 is 0. The minimum absolute atomic E-state index is 0.292. The van der Waals surface area contributed by atoms with E-state index in [9.17, 15) is 0 Å². The highest BCUT2D eigenvalue weighted by molar-refractivity contribution is 5.79. The Bertz CT molecular complexity index is 417. The van der Waals surface area contributed by atoms with E-state index in [1.165, 1.54) is 5.56 Å². The van der Waals surface area contributed by atoms with Crippen LogP contribution in [-0.4, -0.2) is 45.5 Å². The van der Waals surface area contributed by atoms with Gasteiger partial charge in [-0.05, 0) is 18.4 Å². The molecule has 1 aliphatic rings. The van der Waals surface area contributed by atoms with Crippen molar-refractivity contribution in [2.75, 3.05) is 33.4 Å². The first kappa shape index (κ1) is 15.8.